The maximum Gasteiger partial charge on any atom is 0.387 e. The molecule has 2 aromatic carbocycles. The molecule has 0 radical (unpaired) electrons. The highest BCUT2D eigenvalue weighted by atomic mass is 32.2. The lowest BCUT2D eigenvalue weighted by atomic mass is 9.82. The van der Waals surface area contributed by atoms with Crippen LogP contribution in [0.4, 0.5) is 8.78 Å². The first-order chi connectivity index (χ1) is 22.3. The van der Waals surface area contributed by atoms with E-state index in [2.05, 4.69) is 10.1 Å². The van der Waals surface area contributed by atoms with Gasteiger partial charge in [-0.05, 0) is 74.6 Å². The first-order valence-electron chi connectivity index (χ1n) is 15.0. The van der Waals surface area contributed by atoms with Crippen LogP contribution in [0.25, 0.3) is 0 Å². The predicted octanol–water partition coefficient (Wildman–Crippen LogP) is 2.88. The molecule has 2 aliphatic heterocycles. The zero-order valence-corrected chi connectivity index (χ0v) is 26.8. The summed E-state index contributed by atoms with van der Waals surface area (Å²) < 4.78 is 76.3. The predicted molar refractivity (Wildman–Crippen MR) is 164 cm³/mol. The highest BCUT2D eigenvalue weighted by molar-refractivity contribution is 7.86. The molecule has 2 heterocycles. The zero-order chi connectivity index (χ0) is 33.9. The summed E-state index contributed by atoms with van der Waals surface area (Å²) in [6.45, 7) is -1.10. The first-order valence-corrected chi connectivity index (χ1v) is 16.8. The van der Waals surface area contributed by atoms with Gasteiger partial charge in [-0.15, -0.1) is 0 Å². The average molecular weight is 679 g/mol. The lowest BCUT2D eigenvalue weighted by Crippen LogP contribution is -3.12. The van der Waals surface area contributed by atoms with Crippen LogP contribution in [-0.4, -0.2) is 65.4 Å². The van der Waals surface area contributed by atoms with E-state index in [9.17, 15) is 32.0 Å². The number of quaternary nitrogens is 1. The molecule has 2 fully saturated rings. The Morgan fingerprint density at radius 3 is 2.55 bits per heavy atom. The third kappa shape index (κ3) is 7.75. The molecule has 0 spiro atoms. The molecule has 0 bridgehead atoms. The minimum Gasteiger partial charge on any atom is -0.628 e. The number of hydroxylamine groups is 2. The number of halogens is 2. The molecule has 2 N–H and O–H groups in total. The van der Waals surface area contributed by atoms with Crippen LogP contribution in [0.15, 0.2) is 60.8 Å². The zero-order valence-electron chi connectivity index (χ0n) is 25.9. The number of benzene rings is 2. The van der Waals surface area contributed by atoms with E-state index in [0.717, 1.165) is 19.1 Å². The number of rotatable bonds is 14. The van der Waals surface area contributed by atoms with Crippen LogP contribution < -0.4 is 28.8 Å². The number of ether oxygens (including phenoxy) is 4. The summed E-state index contributed by atoms with van der Waals surface area (Å²) in [7, 11) is -2.61. The van der Waals surface area contributed by atoms with Crippen molar-refractivity contribution in [1.82, 2.24) is 5.32 Å². The number of allylic oxidation sites excluding steroid dienone is 2. The quantitative estimate of drug-likeness (QED) is 0.131. The van der Waals surface area contributed by atoms with Crippen molar-refractivity contribution in [2.45, 2.75) is 50.5 Å². The van der Waals surface area contributed by atoms with Gasteiger partial charge in [0, 0.05) is 18.0 Å². The van der Waals surface area contributed by atoms with Crippen LogP contribution in [0.1, 0.15) is 42.1 Å². The number of alkyl halides is 2. The van der Waals surface area contributed by atoms with Crippen LogP contribution >= 0.6 is 0 Å². The van der Waals surface area contributed by atoms with Crippen molar-refractivity contribution in [2.75, 3.05) is 26.5 Å². The molecule has 254 valence electrons. The number of Topliss-reactive ketones (excluding diaryl/α,β-unsaturated/α-hetero) is 1. The fraction of sp³-hybridized carbons (Fsp3) is 0.438. The summed E-state index contributed by atoms with van der Waals surface area (Å²) in [4.78, 5) is 26.9. The van der Waals surface area contributed by atoms with Crippen molar-refractivity contribution < 1.29 is 55.0 Å². The second kappa shape index (κ2) is 14.0. The van der Waals surface area contributed by atoms with Crippen LogP contribution in [0.5, 0.6) is 23.0 Å². The molecule has 1 saturated heterocycles. The number of esters is 1. The third-order valence-electron chi connectivity index (χ3n) is 8.34. The van der Waals surface area contributed by atoms with Gasteiger partial charge in [-0.3, -0.25) is 9.59 Å². The maximum absolute atomic E-state index is 13.5. The number of carbonyl (C=O) groups is 2. The lowest BCUT2D eigenvalue weighted by molar-refractivity contribution is -0.859. The van der Waals surface area contributed by atoms with E-state index in [0.29, 0.717) is 18.1 Å². The van der Waals surface area contributed by atoms with Crippen molar-refractivity contribution >= 4 is 21.9 Å². The molecular formula is C32H36F2N2O10S. The minimum absolute atomic E-state index is 0.0450. The summed E-state index contributed by atoms with van der Waals surface area (Å²) in [5.41, 5.74) is -1.07. The fourth-order valence-corrected chi connectivity index (χ4v) is 6.23. The Bertz CT molecular complexity index is 1660. The van der Waals surface area contributed by atoms with Gasteiger partial charge in [0.2, 0.25) is 0 Å². The van der Waals surface area contributed by atoms with E-state index in [4.69, 9.17) is 18.4 Å². The molecule has 5 rings (SSSR count). The number of nitrogens with one attached hydrogen (secondary N) is 2. The lowest BCUT2D eigenvalue weighted by Gasteiger charge is -2.44. The summed E-state index contributed by atoms with van der Waals surface area (Å²) in [6.07, 6.45) is 7.91. The van der Waals surface area contributed by atoms with Gasteiger partial charge in [0.1, 0.15) is 6.04 Å². The number of hydrogen-bond acceptors (Lipinski definition) is 11. The Hall–Kier alpha value is -4.05. The summed E-state index contributed by atoms with van der Waals surface area (Å²) >= 11 is 0. The van der Waals surface area contributed by atoms with E-state index in [1.54, 1.807) is 25.2 Å². The monoisotopic (exact) mass is 678 g/mol. The molecule has 1 aliphatic carbocycles. The normalized spacial score (nSPS) is 24.5. The SMILES string of the molecule is COc1c(OS(C)(=O)=O)cccc1C(=O)C1CNC(C(=O)O[C@@H](C)[C@@]2(c3ccc(OC(F)F)c(OCC4CC4)c3)C=CC=C[NH+]2[O-])C1. The minimum atomic E-state index is -3.90. The Morgan fingerprint density at radius 1 is 1.13 bits per heavy atom. The van der Waals surface area contributed by atoms with Crippen molar-refractivity contribution in [3.05, 3.63) is 77.2 Å². The summed E-state index contributed by atoms with van der Waals surface area (Å²) in [6, 6.07) is 7.62. The standard InChI is InChI=1S/C32H36F2N2O10S/c1-19(32(13-4-5-14-36(32)39)22-11-12-25(45-31(33)34)27(16-22)43-18-20-9-10-20)44-30(38)24-15-21(17-35-24)28(37)23-7-6-8-26(29(23)42-2)46-47(3,40)41/h4-8,11-14,16,19-21,24,31,35-36H,9-10,15,17-18H2,1-3H3/t19-,21?,24?,32+/m0/s1. The summed E-state index contributed by atoms with van der Waals surface area (Å²) in [5.74, 6) is -1.80. The van der Waals surface area contributed by atoms with Gasteiger partial charge in [-0.1, -0.05) is 12.1 Å². The molecule has 1 saturated carbocycles. The number of methoxy groups -OCH3 is 1. The van der Waals surface area contributed by atoms with Gasteiger partial charge < -0.3 is 38.7 Å². The van der Waals surface area contributed by atoms with Crippen LogP contribution in [0.2, 0.25) is 0 Å². The van der Waals surface area contributed by atoms with Gasteiger partial charge >= 0.3 is 22.7 Å². The number of hydrogen-bond donors (Lipinski definition) is 2. The Balaban J connectivity index is 1.34. The van der Waals surface area contributed by atoms with Gasteiger partial charge in [0.05, 0.1) is 31.7 Å². The third-order valence-corrected chi connectivity index (χ3v) is 8.83. The van der Waals surface area contributed by atoms with Crippen LogP contribution in [0, 0.1) is 17.0 Å². The average Bonchev–Trinajstić information content (AvgIpc) is 3.71. The molecule has 5 atom stereocenters. The van der Waals surface area contributed by atoms with Crippen LogP contribution in [-0.2, 0) is 25.2 Å². The second-order valence-electron chi connectivity index (χ2n) is 11.7. The highest BCUT2D eigenvalue weighted by Crippen LogP contribution is 2.39. The van der Waals surface area contributed by atoms with Gasteiger partial charge in [0.15, 0.2) is 40.4 Å². The Morgan fingerprint density at radius 2 is 1.89 bits per heavy atom. The van der Waals surface area contributed by atoms with E-state index in [-0.39, 0.29) is 41.5 Å². The molecule has 2 aromatic rings. The second-order valence-corrected chi connectivity index (χ2v) is 13.3. The number of para-hydroxylation sites is 1. The fourth-order valence-electron chi connectivity index (χ4n) is 5.78. The van der Waals surface area contributed by atoms with Crippen molar-refractivity contribution in [1.29, 1.82) is 0 Å². The molecule has 15 heteroatoms. The molecular weight excluding hydrogens is 642 g/mol. The number of ketones is 1. The van der Waals surface area contributed by atoms with Crippen molar-refractivity contribution in [3.63, 3.8) is 0 Å². The van der Waals surface area contributed by atoms with Crippen LogP contribution in [0.3, 0.4) is 0 Å². The van der Waals surface area contributed by atoms with E-state index in [1.807, 2.05) is 0 Å². The molecule has 0 amide bonds. The van der Waals surface area contributed by atoms with Gasteiger partial charge in [0.25, 0.3) is 0 Å². The van der Waals surface area contributed by atoms with E-state index < -0.39 is 57.1 Å². The van der Waals surface area contributed by atoms with Gasteiger partial charge in [-0.25, -0.2) is 0 Å². The molecule has 3 aliphatic rings. The topological polar surface area (TPSA) is 154 Å². The maximum atomic E-state index is 13.5. The van der Waals surface area contributed by atoms with E-state index in [1.165, 1.54) is 49.7 Å². The van der Waals surface area contributed by atoms with E-state index >= 15 is 0 Å². The first kappa shape index (κ1) is 34.3. The van der Waals surface area contributed by atoms with Gasteiger partial charge in [-0.2, -0.15) is 17.2 Å². The largest absolute Gasteiger partial charge is 0.628 e. The Kier molecular flexibility index (Phi) is 10.2. The number of carbonyl (C=O) groups excluding carboxylic acids is 2. The highest BCUT2D eigenvalue weighted by Gasteiger charge is 2.47. The molecule has 0 aromatic heterocycles. The smallest absolute Gasteiger partial charge is 0.387 e. The molecule has 47 heavy (non-hydrogen) atoms. The van der Waals surface area contributed by atoms with Crippen molar-refractivity contribution in [2.24, 2.45) is 11.8 Å². The summed E-state index contributed by atoms with van der Waals surface area (Å²) in [5, 5.41) is 16.1. The van der Waals surface area contributed by atoms with Crippen molar-refractivity contribution in [3.8, 4) is 23.0 Å². The molecule has 12 nitrogen and oxygen atoms in total. The molecule has 3 unspecified atom stereocenters. The Labute approximate surface area is 271 Å².